The fourth-order valence-corrected chi connectivity index (χ4v) is 3.23. The van der Waals surface area contributed by atoms with Crippen LogP contribution < -0.4 is 0 Å². The number of thiophene rings is 1. The van der Waals surface area contributed by atoms with Gasteiger partial charge in [-0.05, 0) is 42.7 Å². The van der Waals surface area contributed by atoms with Crippen molar-refractivity contribution < 1.29 is 4.79 Å². The lowest BCUT2D eigenvalue weighted by Gasteiger charge is -1.97. The van der Waals surface area contributed by atoms with Gasteiger partial charge in [0.2, 0.25) is 0 Å². The zero-order valence-corrected chi connectivity index (χ0v) is 11.6. The maximum absolute atomic E-state index is 11.9. The molecule has 1 heterocycles. The smallest absolute Gasteiger partial charge is 0.175 e. The molecule has 17 heavy (non-hydrogen) atoms. The Labute approximate surface area is 113 Å². The molecule has 0 N–H and O–H groups in total. The Kier molecular flexibility index (Phi) is 2.89. The standard InChI is InChI=1S/C14H11BrOS/c15-11-3-1-2-10(8-11)12-6-7-13(17-12)14(16)9-4-5-9/h1-3,6-9H,4-5H2. The molecule has 1 aromatic heterocycles. The average Bonchev–Trinajstić information content (AvgIpc) is 3.05. The van der Waals surface area contributed by atoms with E-state index in [1.54, 1.807) is 11.3 Å². The van der Waals surface area contributed by atoms with Gasteiger partial charge in [-0.15, -0.1) is 11.3 Å². The first kappa shape index (κ1) is 11.2. The van der Waals surface area contributed by atoms with Gasteiger partial charge in [0.1, 0.15) is 0 Å². The van der Waals surface area contributed by atoms with E-state index in [0.29, 0.717) is 11.7 Å². The Hall–Kier alpha value is -0.930. The van der Waals surface area contributed by atoms with E-state index in [4.69, 9.17) is 0 Å². The molecule has 2 aromatic rings. The molecule has 0 unspecified atom stereocenters. The minimum atomic E-state index is 0.309. The normalized spacial score (nSPS) is 14.9. The van der Waals surface area contributed by atoms with Crippen molar-refractivity contribution in [3.63, 3.8) is 0 Å². The second-order valence-electron chi connectivity index (χ2n) is 4.31. The van der Waals surface area contributed by atoms with Crippen LogP contribution in [0.5, 0.6) is 0 Å². The summed E-state index contributed by atoms with van der Waals surface area (Å²) in [5, 5.41) is 0. The summed E-state index contributed by atoms with van der Waals surface area (Å²) in [4.78, 5) is 14.0. The van der Waals surface area contributed by atoms with Crippen LogP contribution in [0.15, 0.2) is 40.9 Å². The molecule has 3 rings (SSSR count). The van der Waals surface area contributed by atoms with Gasteiger partial charge in [0, 0.05) is 15.3 Å². The number of hydrogen-bond acceptors (Lipinski definition) is 2. The third kappa shape index (κ3) is 2.35. The topological polar surface area (TPSA) is 17.1 Å². The van der Waals surface area contributed by atoms with Crippen molar-refractivity contribution in [2.24, 2.45) is 5.92 Å². The molecule has 86 valence electrons. The van der Waals surface area contributed by atoms with Crippen LogP contribution in [0.25, 0.3) is 10.4 Å². The van der Waals surface area contributed by atoms with Crippen LogP contribution in [0, 0.1) is 5.92 Å². The molecule has 3 heteroatoms. The van der Waals surface area contributed by atoms with E-state index >= 15 is 0 Å². The number of halogens is 1. The highest BCUT2D eigenvalue weighted by Crippen LogP contribution is 2.37. The van der Waals surface area contributed by atoms with Gasteiger partial charge in [-0.25, -0.2) is 0 Å². The fraction of sp³-hybridized carbons (Fsp3) is 0.214. The fourth-order valence-electron chi connectivity index (χ4n) is 1.81. The number of benzene rings is 1. The summed E-state index contributed by atoms with van der Waals surface area (Å²) < 4.78 is 1.07. The van der Waals surface area contributed by atoms with E-state index in [2.05, 4.69) is 28.1 Å². The van der Waals surface area contributed by atoms with Crippen molar-refractivity contribution >= 4 is 33.0 Å². The molecule has 0 radical (unpaired) electrons. The quantitative estimate of drug-likeness (QED) is 0.746. The predicted octanol–water partition coefficient (Wildman–Crippen LogP) is 4.77. The molecule has 1 fully saturated rings. The minimum absolute atomic E-state index is 0.309. The van der Waals surface area contributed by atoms with Gasteiger partial charge in [0.05, 0.1) is 4.88 Å². The molecule has 0 spiro atoms. The Morgan fingerprint density at radius 3 is 2.76 bits per heavy atom. The first-order valence-electron chi connectivity index (χ1n) is 5.64. The Bertz CT molecular complexity index is 569. The summed E-state index contributed by atoms with van der Waals surface area (Å²) in [6.45, 7) is 0. The minimum Gasteiger partial charge on any atom is -0.293 e. The molecule has 1 aromatic carbocycles. The van der Waals surface area contributed by atoms with E-state index < -0.39 is 0 Å². The summed E-state index contributed by atoms with van der Waals surface area (Å²) in [5.74, 6) is 0.639. The van der Waals surface area contributed by atoms with Crippen LogP contribution in [-0.2, 0) is 0 Å². The molecule has 0 bridgehead atoms. The molecule has 1 nitrogen and oxygen atoms in total. The van der Waals surface area contributed by atoms with Gasteiger partial charge in [-0.3, -0.25) is 4.79 Å². The lowest BCUT2D eigenvalue weighted by molar-refractivity contribution is 0.0971. The molecular formula is C14H11BrOS. The Morgan fingerprint density at radius 2 is 2.06 bits per heavy atom. The molecule has 0 amide bonds. The monoisotopic (exact) mass is 306 g/mol. The van der Waals surface area contributed by atoms with E-state index in [1.165, 1.54) is 5.56 Å². The van der Waals surface area contributed by atoms with Crippen LogP contribution >= 0.6 is 27.3 Å². The Morgan fingerprint density at radius 1 is 1.24 bits per heavy atom. The van der Waals surface area contributed by atoms with Crippen molar-refractivity contribution in [3.05, 3.63) is 45.7 Å². The molecule has 1 aliphatic carbocycles. The number of carbonyl (C=O) groups is 1. The van der Waals surface area contributed by atoms with E-state index in [0.717, 1.165) is 27.1 Å². The maximum atomic E-state index is 11.9. The highest BCUT2D eigenvalue weighted by atomic mass is 79.9. The molecular weight excluding hydrogens is 296 g/mol. The first-order chi connectivity index (χ1) is 8.24. The average molecular weight is 307 g/mol. The zero-order valence-electron chi connectivity index (χ0n) is 9.15. The first-order valence-corrected chi connectivity index (χ1v) is 7.25. The summed E-state index contributed by atoms with van der Waals surface area (Å²) in [6.07, 6.45) is 2.14. The highest BCUT2D eigenvalue weighted by molar-refractivity contribution is 9.10. The second kappa shape index (κ2) is 4.39. The SMILES string of the molecule is O=C(c1ccc(-c2cccc(Br)c2)s1)C1CC1. The molecule has 0 saturated heterocycles. The number of rotatable bonds is 3. The van der Waals surface area contributed by atoms with Crippen LogP contribution in [0.2, 0.25) is 0 Å². The third-order valence-electron chi connectivity index (χ3n) is 2.91. The lowest BCUT2D eigenvalue weighted by Crippen LogP contribution is -1.96. The van der Waals surface area contributed by atoms with Crippen molar-refractivity contribution in [2.75, 3.05) is 0 Å². The second-order valence-corrected chi connectivity index (χ2v) is 6.31. The summed E-state index contributed by atoms with van der Waals surface area (Å²) >= 11 is 5.07. The van der Waals surface area contributed by atoms with Gasteiger partial charge < -0.3 is 0 Å². The van der Waals surface area contributed by atoms with Gasteiger partial charge in [0.25, 0.3) is 0 Å². The van der Waals surface area contributed by atoms with Crippen LogP contribution in [0.4, 0.5) is 0 Å². The predicted molar refractivity (Wildman–Crippen MR) is 74.5 cm³/mol. The van der Waals surface area contributed by atoms with E-state index in [1.807, 2.05) is 24.3 Å². The van der Waals surface area contributed by atoms with Gasteiger partial charge in [0.15, 0.2) is 5.78 Å². The maximum Gasteiger partial charge on any atom is 0.175 e. The summed E-state index contributed by atoms with van der Waals surface area (Å²) in [5.41, 5.74) is 1.17. The van der Waals surface area contributed by atoms with Gasteiger partial charge >= 0.3 is 0 Å². The highest BCUT2D eigenvalue weighted by Gasteiger charge is 2.31. The zero-order chi connectivity index (χ0) is 11.8. The van der Waals surface area contributed by atoms with Crippen molar-refractivity contribution in [2.45, 2.75) is 12.8 Å². The van der Waals surface area contributed by atoms with Crippen LogP contribution in [0.1, 0.15) is 22.5 Å². The van der Waals surface area contributed by atoms with Gasteiger partial charge in [-0.1, -0.05) is 28.1 Å². The van der Waals surface area contributed by atoms with Crippen molar-refractivity contribution in [1.82, 2.24) is 0 Å². The molecule has 0 aliphatic heterocycles. The van der Waals surface area contributed by atoms with Crippen molar-refractivity contribution in [1.29, 1.82) is 0 Å². The summed E-state index contributed by atoms with van der Waals surface area (Å²) in [7, 11) is 0. The largest absolute Gasteiger partial charge is 0.293 e. The van der Waals surface area contributed by atoms with E-state index in [-0.39, 0.29) is 0 Å². The lowest BCUT2D eigenvalue weighted by atomic mass is 10.2. The summed E-state index contributed by atoms with van der Waals surface area (Å²) in [6, 6.07) is 12.2. The number of ketones is 1. The number of hydrogen-bond donors (Lipinski definition) is 0. The Balaban J connectivity index is 1.91. The molecule has 1 saturated carbocycles. The van der Waals surface area contributed by atoms with Crippen molar-refractivity contribution in [3.8, 4) is 10.4 Å². The molecule has 0 atom stereocenters. The third-order valence-corrected chi connectivity index (χ3v) is 4.55. The van der Waals surface area contributed by atoms with E-state index in [9.17, 15) is 4.79 Å². The number of carbonyl (C=O) groups excluding carboxylic acids is 1. The van der Waals surface area contributed by atoms with Gasteiger partial charge in [-0.2, -0.15) is 0 Å². The van der Waals surface area contributed by atoms with Crippen LogP contribution in [-0.4, -0.2) is 5.78 Å². The number of Topliss-reactive ketones (excluding diaryl/α,β-unsaturated/α-hetero) is 1. The molecule has 1 aliphatic rings. The van der Waals surface area contributed by atoms with Crippen LogP contribution in [0.3, 0.4) is 0 Å².